The molecule has 2 heterocycles. The molecule has 0 atom stereocenters. The van der Waals surface area contributed by atoms with Crippen molar-refractivity contribution >= 4 is 33.9 Å². The number of nitrogens with zero attached hydrogens (tertiary/aromatic N) is 3. The highest BCUT2D eigenvalue weighted by Crippen LogP contribution is 2.24. The SMILES string of the molecule is Cc1nccc(Nc2ncc(C(=O)Nc3c(C)cccc3C)s2)n1. The number of thiazole rings is 1. The highest BCUT2D eigenvalue weighted by Gasteiger charge is 2.13. The first kappa shape index (κ1) is 16.1. The fraction of sp³-hybridized carbons (Fsp3) is 0.176. The van der Waals surface area contributed by atoms with Crippen LogP contribution in [0.2, 0.25) is 0 Å². The number of aromatic nitrogens is 3. The van der Waals surface area contributed by atoms with Crippen molar-refractivity contribution in [2.75, 3.05) is 10.6 Å². The van der Waals surface area contributed by atoms with Gasteiger partial charge in [-0.2, -0.15) is 0 Å². The topological polar surface area (TPSA) is 79.8 Å². The molecule has 1 aromatic carbocycles. The smallest absolute Gasteiger partial charge is 0.267 e. The second-order valence-corrected chi connectivity index (χ2v) is 6.40. The number of carbonyl (C=O) groups is 1. The molecule has 0 saturated carbocycles. The zero-order valence-corrected chi connectivity index (χ0v) is 14.4. The largest absolute Gasteiger partial charge is 0.321 e. The van der Waals surface area contributed by atoms with Crippen LogP contribution in [0.1, 0.15) is 26.6 Å². The first-order chi connectivity index (χ1) is 11.5. The van der Waals surface area contributed by atoms with E-state index in [-0.39, 0.29) is 5.91 Å². The minimum atomic E-state index is -0.170. The third kappa shape index (κ3) is 3.57. The predicted octanol–water partition coefficient (Wildman–Crippen LogP) is 3.85. The number of aryl methyl sites for hydroxylation is 3. The van der Waals surface area contributed by atoms with Crippen molar-refractivity contribution in [1.82, 2.24) is 15.0 Å². The maximum Gasteiger partial charge on any atom is 0.267 e. The first-order valence-electron chi connectivity index (χ1n) is 7.43. The summed E-state index contributed by atoms with van der Waals surface area (Å²) in [7, 11) is 0. The monoisotopic (exact) mass is 339 g/mol. The molecule has 1 amide bonds. The summed E-state index contributed by atoms with van der Waals surface area (Å²) in [4.78, 5) is 25.5. The van der Waals surface area contributed by atoms with Crippen LogP contribution in [-0.2, 0) is 0 Å². The molecule has 122 valence electrons. The van der Waals surface area contributed by atoms with Gasteiger partial charge in [0.2, 0.25) is 0 Å². The standard InChI is InChI=1S/C17H17N5OS/c1-10-5-4-6-11(2)15(10)22-16(23)13-9-19-17(24-13)21-14-7-8-18-12(3)20-14/h4-9H,1-3H3,(H,22,23)(H,18,19,20,21). The molecule has 3 rings (SSSR count). The van der Waals surface area contributed by atoms with Crippen molar-refractivity contribution in [3.05, 3.63) is 58.5 Å². The Morgan fingerprint density at radius 1 is 1.08 bits per heavy atom. The third-order valence-electron chi connectivity index (χ3n) is 3.46. The second-order valence-electron chi connectivity index (χ2n) is 5.36. The molecule has 7 heteroatoms. The van der Waals surface area contributed by atoms with Gasteiger partial charge in [0.1, 0.15) is 16.5 Å². The van der Waals surface area contributed by atoms with Gasteiger partial charge in [-0.1, -0.05) is 29.5 Å². The van der Waals surface area contributed by atoms with Gasteiger partial charge in [0.25, 0.3) is 5.91 Å². The fourth-order valence-corrected chi connectivity index (χ4v) is 2.98. The van der Waals surface area contributed by atoms with Crippen LogP contribution in [0.25, 0.3) is 0 Å². The molecule has 0 bridgehead atoms. The lowest BCUT2D eigenvalue weighted by molar-refractivity contribution is 0.103. The maximum atomic E-state index is 12.4. The van der Waals surface area contributed by atoms with Crippen LogP contribution >= 0.6 is 11.3 Å². The minimum Gasteiger partial charge on any atom is -0.321 e. The molecule has 2 aromatic heterocycles. The summed E-state index contributed by atoms with van der Waals surface area (Å²) in [5.74, 6) is 1.15. The Morgan fingerprint density at radius 2 is 1.83 bits per heavy atom. The number of anilines is 3. The molecule has 0 unspecified atom stereocenters. The van der Waals surface area contributed by atoms with E-state index in [1.807, 2.05) is 39.0 Å². The highest BCUT2D eigenvalue weighted by atomic mass is 32.1. The quantitative estimate of drug-likeness (QED) is 0.754. The summed E-state index contributed by atoms with van der Waals surface area (Å²) in [6.45, 7) is 5.76. The normalized spacial score (nSPS) is 10.5. The number of amides is 1. The predicted molar refractivity (Wildman–Crippen MR) is 96.0 cm³/mol. The molecular formula is C17H17N5OS. The molecule has 0 aliphatic carbocycles. The third-order valence-corrected chi connectivity index (χ3v) is 4.37. The number of benzene rings is 1. The van der Waals surface area contributed by atoms with E-state index in [1.165, 1.54) is 11.3 Å². The minimum absolute atomic E-state index is 0.170. The maximum absolute atomic E-state index is 12.4. The molecule has 6 nitrogen and oxygen atoms in total. The van der Waals surface area contributed by atoms with Gasteiger partial charge in [0.05, 0.1) is 6.20 Å². The van der Waals surface area contributed by atoms with E-state index in [9.17, 15) is 4.79 Å². The van der Waals surface area contributed by atoms with Gasteiger partial charge in [-0.15, -0.1) is 0 Å². The Morgan fingerprint density at radius 3 is 2.54 bits per heavy atom. The molecular weight excluding hydrogens is 322 g/mol. The summed E-state index contributed by atoms with van der Waals surface area (Å²) in [6.07, 6.45) is 3.23. The summed E-state index contributed by atoms with van der Waals surface area (Å²) >= 11 is 1.28. The number of hydrogen-bond acceptors (Lipinski definition) is 6. The number of nitrogens with one attached hydrogen (secondary N) is 2. The Kier molecular flexibility index (Phi) is 4.52. The zero-order valence-electron chi connectivity index (χ0n) is 13.6. The van der Waals surface area contributed by atoms with Crippen molar-refractivity contribution in [1.29, 1.82) is 0 Å². The molecule has 2 N–H and O–H groups in total. The van der Waals surface area contributed by atoms with Gasteiger partial charge in [0, 0.05) is 11.9 Å². The molecule has 0 fully saturated rings. The molecule has 24 heavy (non-hydrogen) atoms. The van der Waals surface area contributed by atoms with Crippen molar-refractivity contribution in [2.45, 2.75) is 20.8 Å². The average Bonchev–Trinajstić information content (AvgIpc) is 2.99. The van der Waals surface area contributed by atoms with E-state index in [1.54, 1.807) is 18.5 Å². The van der Waals surface area contributed by atoms with E-state index < -0.39 is 0 Å². The summed E-state index contributed by atoms with van der Waals surface area (Å²) in [5.41, 5.74) is 2.90. The van der Waals surface area contributed by atoms with E-state index in [0.717, 1.165) is 16.8 Å². The van der Waals surface area contributed by atoms with Gasteiger partial charge in [0.15, 0.2) is 5.13 Å². The molecule has 0 saturated heterocycles. The Balaban J connectivity index is 1.74. The van der Waals surface area contributed by atoms with Crippen LogP contribution in [0, 0.1) is 20.8 Å². The lowest BCUT2D eigenvalue weighted by atomic mass is 10.1. The van der Waals surface area contributed by atoms with E-state index in [4.69, 9.17) is 0 Å². The van der Waals surface area contributed by atoms with Crippen molar-refractivity contribution in [3.8, 4) is 0 Å². The Labute approximate surface area is 144 Å². The van der Waals surface area contributed by atoms with Crippen LogP contribution in [-0.4, -0.2) is 20.9 Å². The van der Waals surface area contributed by atoms with E-state index in [0.29, 0.717) is 21.7 Å². The van der Waals surface area contributed by atoms with Crippen LogP contribution in [0.4, 0.5) is 16.6 Å². The van der Waals surface area contributed by atoms with Crippen LogP contribution in [0.5, 0.6) is 0 Å². The summed E-state index contributed by atoms with van der Waals surface area (Å²) in [5, 5.41) is 6.65. The molecule has 0 aliphatic heterocycles. The molecule has 0 aliphatic rings. The van der Waals surface area contributed by atoms with Crippen LogP contribution in [0.15, 0.2) is 36.7 Å². The van der Waals surface area contributed by atoms with Gasteiger partial charge in [-0.05, 0) is 38.0 Å². The molecule has 0 spiro atoms. The molecule has 0 radical (unpaired) electrons. The number of rotatable bonds is 4. The van der Waals surface area contributed by atoms with E-state index >= 15 is 0 Å². The van der Waals surface area contributed by atoms with Crippen molar-refractivity contribution in [2.24, 2.45) is 0 Å². The number of para-hydroxylation sites is 1. The van der Waals surface area contributed by atoms with Gasteiger partial charge in [-0.3, -0.25) is 4.79 Å². The molecule has 3 aromatic rings. The van der Waals surface area contributed by atoms with Crippen molar-refractivity contribution < 1.29 is 4.79 Å². The summed E-state index contributed by atoms with van der Waals surface area (Å²) in [6, 6.07) is 7.67. The van der Waals surface area contributed by atoms with Gasteiger partial charge >= 0.3 is 0 Å². The van der Waals surface area contributed by atoms with Crippen LogP contribution < -0.4 is 10.6 Å². The van der Waals surface area contributed by atoms with Crippen molar-refractivity contribution in [3.63, 3.8) is 0 Å². The zero-order chi connectivity index (χ0) is 17.1. The Bertz CT molecular complexity index is 870. The first-order valence-corrected chi connectivity index (χ1v) is 8.24. The number of carbonyl (C=O) groups excluding carboxylic acids is 1. The number of hydrogen-bond donors (Lipinski definition) is 2. The highest BCUT2D eigenvalue weighted by molar-refractivity contribution is 7.17. The lowest BCUT2D eigenvalue weighted by Gasteiger charge is -2.10. The fourth-order valence-electron chi connectivity index (χ4n) is 2.26. The average molecular weight is 339 g/mol. The summed E-state index contributed by atoms with van der Waals surface area (Å²) < 4.78 is 0. The second kappa shape index (κ2) is 6.76. The Hall–Kier alpha value is -2.80. The van der Waals surface area contributed by atoms with Gasteiger partial charge in [-0.25, -0.2) is 15.0 Å². The van der Waals surface area contributed by atoms with E-state index in [2.05, 4.69) is 25.6 Å². The van der Waals surface area contributed by atoms with Gasteiger partial charge < -0.3 is 10.6 Å². The van der Waals surface area contributed by atoms with Crippen LogP contribution in [0.3, 0.4) is 0 Å². The lowest BCUT2D eigenvalue weighted by Crippen LogP contribution is -2.12.